The first-order chi connectivity index (χ1) is 22.3. The second-order valence-electron chi connectivity index (χ2n) is 12.6. The number of amides is 3. The maximum atomic E-state index is 14.3. The van der Waals surface area contributed by atoms with Crippen LogP contribution in [0.25, 0.3) is 0 Å². The van der Waals surface area contributed by atoms with Crippen molar-refractivity contribution in [1.29, 1.82) is 0 Å². The minimum absolute atomic E-state index is 0.0528. The first kappa shape index (κ1) is 35.4. The number of nitrogens with one attached hydrogen (secondary N) is 1. The fourth-order valence-electron chi connectivity index (χ4n) is 7.33. The summed E-state index contributed by atoms with van der Waals surface area (Å²) in [6, 6.07) is 7.86. The number of rotatable bonds is 20. The zero-order valence-corrected chi connectivity index (χ0v) is 27.2. The van der Waals surface area contributed by atoms with E-state index in [1.807, 2.05) is 30.3 Å². The van der Waals surface area contributed by atoms with Crippen LogP contribution in [0.2, 0.25) is 0 Å². The van der Waals surface area contributed by atoms with Gasteiger partial charge in [-0.1, -0.05) is 68.7 Å². The number of unbranched alkanes of at least 4 members (excludes halogenated alkanes) is 4. The fraction of sp³-hybridized carbons (Fsp3) is 0.611. The molecule has 252 valence electrons. The normalized spacial score (nSPS) is 25.2. The van der Waals surface area contributed by atoms with E-state index in [9.17, 15) is 24.3 Å². The fourth-order valence-corrected chi connectivity index (χ4v) is 7.33. The number of hydrogen-bond acceptors (Lipinski definition) is 7. The van der Waals surface area contributed by atoms with Gasteiger partial charge in [-0.05, 0) is 44.1 Å². The lowest BCUT2D eigenvalue weighted by molar-refractivity contribution is -0.148. The molecule has 2 bridgehead atoms. The van der Waals surface area contributed by atoms with Gasteiger partial charge in [0, 0.05) is 32.7 Å². The molecule has 0 aromatic heterocycles. The van der Waals surface area contributed by atoms with E-state index >= 15 is 0 Å². The van der Waals surface area contributed by atoms with Gasteiger partial charge in [-0.25, -0.2) is 0 Å². The summed E-state index contributed by atoms with van der Waals surface area (Å²) >= 11 is 0. The summed E-state index contributed by atoms with van der Waals surface area (Å²) in [5.41, 5.74) is -0.311. The van der Waals surface area contributed by atoms with E-state index in [1.165, 1.54) is 0 Å². The molecule has 2 N–H and O–H groups in total. The second-order valence-corrected chi connectivity index (χ2v) is 12.6. The molecule has 46 heavy (non-hydrogen) atoms. The zero-order chi connectivity index (χ0) is 33.1. The third-order valence-corrected chi connectivity index (χ3v) is 9.57. The molecule has 10 heteroatoms. The maximum Gasteiger partial charge on any atom is 0.306 e. The Morgan fingerprint density at radius 2 is 1.91 bits per heavy atom. The Kier molecular flexibility index (Phi) is 13.0. The SMILES string of the molecule is C=CCCC(=O)OC[C@@H](NC(=O)[C@@H]1[C@@H]2CC[C@]3(O2)[C@H](C(=O)N(CC=C)CCCC)N(CCCCCCO)C(=O)[C@@H]13)c1ccccc1. The van der Waals surface area contributed by atoms with Crippen molar-refractivity contribution < 1.29 is 33.8 Å². The number of aliphatic hydroxyl groups excluding tert-OH is 1. The molecule has 4 rings (SSSR count). The van der Waals surface area contributed by atoms with Gasteiger partial charge in [0.1, 0.15) is 18.2 Å². The van der Waals surface area contributed by atoms with Crippen LogP contribution in [0.3, 0.4) is 0 Å². The van der Waals surface area contributed by atoms with Gasteiger partial charge in [0.2, 0.25) is 17.7 Å². The third-order valence-electron chi connectivity index (χ3n) is 9.57. The number of benzene rings is 1. The predicted octanol–water partition coefficient (Wildman–Crippen LogP) is 4.10. The van der Waals surface area contributed by atoms with E-state index in [2.05, 4.69) is 25.4 Å². The number of hydrogen-bond donors (Lipinski definition) is 2. The van der Waals surface area contributed by atoms with Gasteiger partial charge in [-0.15, -0.1) is 13.2 Å². The second kappa shape index (κ2) is 16.9. The van der Waals surface area contributed by atoms with Gasteiger partial charge in [0.15, 0.2) is 0 Å². The average molecular weight is 638 g/mol. The highest BCUT2D eigenvalue weighted by Gasteiger charge is 2.74. The number of carbonyl (C=O) groups excluding carboxylic acids is 4. The number of fused-ring (bicyclic) bond motifs is 1. The summed E-state index contributed by atoms with van der Waals surface area (Å²) in [6.45, 7) is 10.9. The van der Waals surface area contributed by atoms with Crippen molar-refractivity contribution >= 4 is 23.7 Å². The molecular weight excluding hydrogens is 586 g/mol. The van der Waals surface area contributed by atoms with E-state index in [-0.39, 0.29) is 43.3 Å². The summed E-state index contributed by atoms with van der Waals surface area (Å²) in [6.07, 6.45) is 9.39. The van der Waals surface area contributed by atoms with Gasteiger partial charge in [0.25, 0.3) is 0 Å². The van der Waals surface area contributed by atoms with E-state index in [1.54, 1.807) is 22.0 Å². The lowest BCUT2D eigenvalue weighted by Crippen LogP contribution is -2.56. The first-order valence-corrected chi connectivity index (χ1v) is 16.9. The summed E-state index contributed by atoms with van der Waals surface area (Å²) in [4.78, 5) is 58.6. The molecule has 1 spiro atoms. The van der Waals surface area contributed by atoms with Gasteiger partial charge >= 0.3 is 5.97 Å². The molecule has 3 heterocycles. The molecule has 10 nitrogen and oxygen atoms in total. The topological polar surface area (TPSA) is 125 Å². The summed E-state index contributed by atoms with van der Waals surface area (Å²) in [7, 11) is 0. The number of likely N-dealkylation sites (tertiary alicyclic amines) is 1. The number of aliphatic hydroxyl groups is 1. The summed E-state index contributed by atoms with van der Waals surface area (Å²) < 4.78 is 12.2. The van der Waals surface area contributed by atoms with Crippen LogP contribution < -0.4 is 5.32 Å². The minimum atomic E-state index is -1.09. The standard InChI is InChI=1S/C36H51N3O7/c1-4-7-18-29(41)45-25-27(26-16-12-11-13-17-26)37-33(42)30-28-19-20-36(46-28)31(30)34(43)39(23-14-9-10-15-24-40)32(36)35(44)38(21-6-3)22-8-5-2/h4,6,11-13,16-17,27-28,30-32,40H,1,3,5,7-10,14-15,18-25H2,2H3,(H,37,42)/t27-,28+,30-,31-,32+,36-/m1/s1. The van der Waals surface area contributed by atoms with Crippen LogP contribution in [0, 0.1) is 11.8 Å². The van der Waals surface area contributed by atoms with Crippen molar-refractivity contribution in [1.82, 2.24) is 15.1 Å². The Morgan fingerprint density at radius 3 is 2.61 bits per heavy atom. The Labute approximate surface area is 273 Å². The lowest BCUT2D eigenvalue weighted by Gasteiger charge is -2.37. The number of allylic oxidation sites excluding steroid dienone is 1. The number of esters is 1. The number of nitrogens with zero attached hydrogens (tertiary/aromatic N) is 2. The highest BCUT2D eigenvalue weighted by Crippen LogP contribution is 2.58. The van der Waals surface area contributed by atoms with Gasteiger partial charge in [-0.2, -0.15) is 0 Å². The van der Waals surface area contributed by atoms with Crippen LogP contribution in [0.4, 0.5) is 0 Å². The smallest absolute Gasteiger partial charge is 0.306 e. The first-order valence-electron chi connectivity index (χ1n) is 16.9. The van der Waals surface area contributed by atoms with Crippen molar-refractivity contribution in [3.05, 3.63) is 61.2 Å². The van der Waals surface area contributed by atoms with Crippen LogP contribution in [0.5, 0.6) is 0 Å². The van der Waals surface area contributed by atoms with Crippen molar-refractivity contribution in [3.8, 4) is 0 Å². The molecule has 0 radical (unpaired) electrons. The monoisotopic (exact) mass is 637 g/mol. The van der Waals surface area contributed by atoms with Crippen LogP contribution in [0.15, 0.2) is 55.6 Å². The van der Waals surface area contributed by atoms with Crippen molar-refractivity contribution in [2.24, 2.45) is 11.8 Å². The average Bonchev–Trinajstić information content (AvgIpc) is 3.71. The molecule has 0 unspecified atom stereocenters. The quantitative estimate of drug-likeness (QED) is 0.125. The maximum absolute atomic E-state index is 14.3. The Morgan fingerprint density at radius 1 is 1.15 bits per heavy atom. The Hall–Kier alpha value is -3.50. The van der Waals surface area contributed by atoms with Crippen LogP contribution >= 0.6 is 0 Å². The van der Waals surface area contributed by atoms with E-state index < -0.39 is 35.6 Å². The zero-order valence-electron chi connectivity index (χ0n) is 27.2. The molecule has 1 aromatic carbocycles. The number of carbonyl (C=O) groups is 4. The molecular formula is C36H51N3O7. The molecule has 6 atom stereocenters. The van der Waals surface area contributed by atoms with Gasteiger partial charge in [0.05, 0.1) is 24.0 Å². The molecule has 3 aliphatic heterocycles. The number of ether oxygens (including phenoxy) is 2. The molecule has 3 amide bonds. The van der Waals surface area contributed by atoms with Crippen LogP contribution in [-0.2, 0) is 28.7 Å². The minimum Gasteiger partial charge on any atom is -0.463 e. The molecule has 1 aromatic rings. The van der Waals surface area contributed by atoms with Crippen molar-refractivity contribution in [2.45, 2.75) is 94.9 Å². The van der Waals surface area contributed by atoms with E-state index in [0.29, 0.717) is 51.7 Å². The lowest BCUT2D eigenvalue weighted by atomic mass is 9.70. The molecule has 3 fully saturated rings. The molecule has 3 aliphatic rings. The predicted molar refractivity (Wildman–Crippen MR) is 174 cm³/mol. The van der Waals surface area contributed by atoms with Gasteiger partial charge < -0.3 is 29.7 Å². The highest BCUT2D eigenvalue weighted by atomic mass is 16.5. The van der Waals surface area contributed by atoms with Crippen LogP contribution in [0.1, 0.15) is 82.7 Å². The summed E-state index contributed by atoms with van der Waals surface area (Å²) in [5, 5.41) is 12.3. The van der Waals surface area contributed by atoms with E-state index in [0.717, 1.165) is 31.2 Å². The summed E-state index contributed by atoms with van der Waals surface area (Å²) in [5.74, 6) is -2.67. The largest absolute Gasteiger partial charge is 0.463 e. The molecule has 3 saturated heterocycles. The Bertz CT molecular complexity index is 1220. The highest BCUT2D eigenvalue weighted by molar-refractivity contribution is 5.99. The van der Waals surface area contributed by atoms with Crippen molar-refractivity contribution in [3.63, 3.8) is 0 Å². The van der Waals surface area contributed by atoms with Crippen LogP contribution in [-0.4, -0.2) is 89.2 Å². The Balaban J connectivity index is 1.60. The van der Waals surface area contributed by atoms with Gasteiger partial charge in [-0.3, -0.25) is 19.2 Å². The molecule has 0 saturated carbocycles. The van der Waals surface area contributed by atoms with E-state index in [4.69, 9.17) is 9.47 Å². The third kappa shape index (κ3) is 7.72. The molecule has 0 aliphatic carbocycles. The van der Waals surface area contributed by atoms with Crippen molar-refractivity contribution in [2.75, 3.05) is 32.8 Å².